The van der Waals surface area contributed by atoms with Gasteiger partial charge in [0, 0.05) is 25.9 Å². The van der Waals surface area contributed by atoms with Crippen LogP contribution in [0.5, 0.6) is 0 Å². The Morgan fingerprint density at radius 2 is 2.38 bits per heavy atom. The van der Waals surface area contributed by atoms with Gasteiger partial charge in [-0.1, -0.05) is 11.6 Å². The number of aromatic nitrogens is 3. The molecule has 2 rings (SSSR count). The summed E-state index contributed by atoms with van der Waals surface area (Å²) in [5.74, 6) is 0. The SMILES string of the molecule is Cn1cc(CC(O)c2ccnc(Cl)c2)cn1. The second kappa shape index (κ2) is 4.63. The van der Waals surface area contributed by atoms with Gasteiger partial charge in [-0.2, -0.15) is 5.10 Å². The van der Waals surface area contributed by atoms with Crippen LogP contribution in [-0.4, -0.2) is 19.9 Å². The average Bonchev–Trinajstić information content (AvgIpc) is 2.64. The number of hydrogen-bond acceptors (Lipinski definition) is 3. The predicted molar refractivity (Wildman–Crippen MR) is 61.1 cm³/mol. The molecule has 0 saturated carbocycles. The number of pyridine rings is 1. The van der Waals surface area contributed by atoms with E-state index in [9.17, 15) is 5.11 Å². The van der Waals surface area contributed by atoms with Gasteiger partial charge in [-0.05, 0) is 23.3 Å². The van der Waals surface area contributed by atoms with Crippen LogP contribution in [0.4, 0.5) is 0 Å². The molecule has 2 aromatic rings. The van der Waals surface area contributed by atoms with E-state index in [0.29, 0.717) is 11.6 Å². The lowest BCUT2D eigenvalue weighted by atomic mass is 10.1. The van der Waals surface area contributed by atoms with Crippen LogP contribution in [-0.2, 0) is 13.5 Å². The van der Waals surface area contributed by atoms with E-state index in [1.54, 1.807) is 29.2 Å². The first-order valence-corrected chi connectivity index (χ1v) is 5.30. The normalized spacial score (nSPS) is 12.7. The van der Waals surface area contributed by atoms with Crippen LogP contribution >= 0.6 is 11.6 Å². The third-order valence-electron chi connectivity index (χ3n) is 2.32. The van der Waals surface area contributed by atoms with Crippen LogP contribution in [0, 0.1) is 0 Å². The second-order valence-electron chi connectivity index (χ2n) is 3.65. The molecule has 0 aliphatic heterocycles. The molecule has 0 saturated heterocycles. The zero-order valence-corrected chi connectivity index (χ0v) is 9.59. The van der Waals surface area contributed by atoms with Crippen LogP contribution in [0.25, 0.3) is 0 Å². The van der Waals surface area contributed by atoms with Gasteiger partial charge in [0.2, 0.25) is 0 Å². The highest BCUT2D eigenvalue weighted by atomic mass is 35.5. The summed E-state index contributed by atoms with van der Waals surface area (Å²) in [7, 11) is 1.85. The topological polar surface area (TPSA) is 50.9 Å². The monoisotopic (exact) mass is 237 g/mol. The summed E-state index contributed by atoms with van der Waals surface area (Å²) >= 11 is 5.76. The summed E-state index contributed by atoms with van der Waals surface area (Å²) in [5, 5.41) is 14.4. The molecular weight excluding hydrogens is 226 g/mol. The van der Waals surface area contributed by atoms with Crippen molar-refractivity contribution in [2.75, 3.05) is 0 Å². The van der Waals surface area contributed by atoms with E-state index in [1.165, 1.54) is 0 Å². The number of halogens is 1. The predicted octanol–water partition coefficient (Wildman–Crippen LogP) is 1.74. The van der Waals surface area contributed by atoms with Gasteiger partial charge in [-0.25, -0.2) is 4.98 Å². The lowest BCUT2D eigenvalue weighted by Crippen LogP contribution is -2.01. The zero-order chi connectivity index (χ0) is 11.5. The van der Waals surface area contributed by atoms with Crippen molar-refractivity contribution < 1.29 is 5.11 Å². The summed E-state index contributed by atoms with van der Waals surface area (Å²) in [6, 6.07) is 3.43. The Kier molecular flexibility index (Phi) is 3.22. The maximum Gasteiger partial charge on any atom is 0.129 e. The zero-order valence-electron chi connectivity index (χ0n) is 8.84. The largest absolute Gasteiger partial charge is 0.388 e. The van der Waals surface area contributed by atoms with E-state index in [-0.39, 0.29) is 0 Å². The first-order chi connectivity index (χ1) is 7.65. The number of aryl methyl sites for hydroxylation is 1. The van der Waals surface area contributed by atoms with E-state index in [0.717, 1.165) is 11.1 Å². The van der Waals surface area contributed by atoms with Gasteiger partial charge >= 0.3 is 0 Å². The molecule has 2 aromatic heterocycles. The molecule has 0 aromatic carbocycles. The fourth-order valence-corrected chi connectivity index (χ4v) is 1.73. The van der Waals surface area contributed by atoms with Crippen LogP contribution in [0.2, 0.25) is 5.15 Å². The van der Waals surface area contributed by atoms with Crippen molar-refractivity contribution in [3.05, 3.63) is 47.0 Å². The molecular formula is C11H12ClN3O. The van der Waals surface area contributed by atoms with Gasteiger partial charge in [0.1, 0.15) is 5.15 Å². The van der Waals surface area contributed by atoms with Crippen LogP contribution in [0.15, 0.2) is 30.7 Å². The molecule has 2 heterocycles. The van der Waals surface area contributed by atoms with Gasteiger partial charge < -0.3 is 5.11 Å². The highest BCUT2D eigenvalue weighted by Crippen LogP contribution is 2.19. The van der Waals surface area contributed by atoms with Crippen molar-refractivity contribution in [2.24, 2.45) is 7.05 Å². The lowest BCUT2D eigenvalue weighted by molar-refractivity contribution is 0.178. The van der Waals surface area contributed by atoms with Crippen molar-refractivity contribution in [2.45, 2.75) is 12.5 Å². The smallest absolute Gasteiger partial charge is 0.129 e. The van der Waals surface area contributed by atoms with E-state index in [4.69, 9.17) is 11.6 Å². The molecule has 0 aliphatic carbocycles. The molecule has 0 fully saturated rings. The minimum absolute atomic E-state index is 0.391. The van der Waals surface area contributed by atoms with Crippen molar-refractivity contribution in [3.8, 4) is 0 Å². The molecule has 0 radical (unpaired) electrons. The van der Waals surface area contributed by atoms with Crippen molar-refractivity contribution >= 4 is 11.6 Å². The molecule has 16 heavy (non-hydrogen) atoms. The molecule has 0 aliphatic rings. The van der Waals surface area contributed by atoms with Crippen LogP contribution < -0.4 is 0 Å². The Morgan fingerprint density at radius 1 is 1.56 bits per heavy atom. The molecule has 1 N–H and O–H groups in total. The van der Waals surface area contributed by atoms with Crippen molar-refractivity contribution in [1.29, 1.82) is 0 Å². The fourth-order valence-electron chi connectivity index (χ4n) is 1.54. The Balaban J connectivity index is 2.11. The molecule has 4 nitrogen and oxygen atoms in total. The Hall–Kier alpha value is -1.39. The van der Waals surface area contributed by atoms with Gasteiger partial charge in [-0.3, -0.25) is 4.68 Å². The molecule has 0 bridgehead atoms. The third-order valence-corrected chi connectivity index (χ3v) is 2.53. The van der Waals surface area contributed by atoms with E-state index in [1.807, 2.05) is 13.2 Å². The van der Waals surface area contributed by atoms with E-state index in [2.05, 4.69) is 10.1 Å². The van der Waals surface area contributed by atoms with Gasteiger partial charge in [0.15, 0.2) is 0 Å². The second-order valence-corrected chi connectivity index (χ2v) is 4.04. The number of hydrogen-bond donors (Lipinski definition) is 1. The Labute approximate surface area is 98.5 Å². The van der Waals surface area contributed by atoms with Gasteiger partial charge in [-0.15, -0.1) is 0 Å². The first-order valence-electron chi connectivity index (χ1n) is 4.92. The summed E-state index contributed by atoms with van der Waals surface area (Å²) in [4.78, 5) is 3.87. The summed E-state index contributed by atoms with van der Waals surface area (Å²) < 4.78 is 1.71. The average molecular weight is 238 g/mol. The quantitative estimate of drug-likeness (QED) is 0.828. The summed E-state index contributed by atoms with van der Waals surface area (Å²) in [6.45, 7) is 0. The van der Waals surface area contributed by atoms with Crippen molar-refractivity contribution in [3.63, 3.8) is 0 Å². The van der Waals surface area contributed by atoms with Gasteiger partial charge in [0.05, 0.1) is 12.3 Å². The fraction of sp³-hybridized carbons (Fsp3) is 0.273. The van der Waals surface area contributed by atoms with E-state index < -0.39 is 6.10 Å². The third kappa shape index (κ3) is 2.59. The van der Waals surface area contributed by atoms with Crippen LogP contribution in [0.3, 0.4) is 0 Å². The standard InChI is InChI=1S/C11H12ClN3O/c1-15-7-8(6-14-15)4-10(16)9-2-3-13-11(12)5-9/h2-3,5-7,10,16H,4H2,1H3. The minimum atomic E-state index is -0.579. The molecule has 1 unspecified atom stereocenters. The summed E-state index contributed by atoms with van der Waals surface area (Å²) in [6.07, 6.45) is 5.15. The van der Waals surface area contributed by atoms with Crippen molar-refractivity contribution in [1.82, 2.24) is 14.8 Å². The Morgan fingerprint density at radius 3 is 3.00 bits per heavy atom. The summed E-state index contributed by atoms with van der Waals surface area (Å²) in [5.41, 5.74) is 1.76. The molecule has 0 amide bonds. The maximum absolute atomic E-state index is 9.98. The molecule has 1 atom stereocenters. The van der Waals surface area contributed by atoms with Gasteiger partial charge in [0.25, 0.3) is 0 Å². The number of rotatable bonds is 3. The number of nitrogens with zero attached hydrogens (tertiary/aromatic N) is 3. The lowest BCUT2D eigenvalue weighted by Gasteiger charge is -2.09. The first kappa shape index (κ1) is 11.1. The number of aliphatic hydroxyl groups is 1. The minimum Gasteiger partial charge on any atom is -0.388 e. The highest BCUT2D eigenvalue weighted by molar-refractivity contribution is 6.29. The maximum atomic E-state index is 9.98. The Bertz CT molecular complexity index is 484. The number of aliphatic hydroxyl groups excluding tert-OH is 1. The van der Waals surface area contributed by atoms with E-state index >= 15 is 0 Å². The van der Waals surface area contributed by atoms with Crippen LogP contribution in [0.1, 0.15) is 17.2 Å². The molecule has 0 spiro atoms. The highest BCUT2D eigenvalue weighted by Gasteiger charge is 2.10. The molecule has 5 heteroatoms. The molecule has 84 valence electrons.